The molecule has 7 heteroatoms. The maximum atomic E-state index is 12.2. The van der Waals surface area contributed by atoms with Crippen molar-refractivity contribution in [2.45, 2.75) is 19.4 Å². The molecule has 0 bridgehead atoms. The van der Waals surface area contributed by atoms with Gasteiger partial charge in [-0.05, 0) is 31.5 Å². The van der Waals surface area contributed by atoms with Crippen LogP contribution in [-0.4, -0.2) is 23.6 Å². The number of nitriles is 1. The number of hydrogen-bond donors (Lipinski definition) is 2. The molecular weight excluding hydrogens is 308 g/mol. The number of carbonyl (C=O) groups is 2. The number of methoxy groups -OCH3 is 1. The summed E-state index contributed by atoms with van der Waals surface area (Å²) in [5.74, 6) is -0.837. The number of benzene rings is 1. The SMILES string of the molecule is COC(=O)c1c(N)c(C#N)cn1-c1ccc2c(c1)C(=O)NC2(C)C. The summed E-state index contributed by atoms with van der Waals surface area (Å²) in [6.45, 7) is 3.83. The Morgan fingerprint density at radius 3 is 2.75 bits per heavy atom. The topological polar surface area (TPSA) is 110 Å². The van der Waals surface area contributed by atoms with Gasteiger partial charge in [-0.15, -0.1) is 0 Å². The van der Waals surface area contributed by atoms with Crippen molar-refractivity contribution < 1.29 is 14.3 Å². The number of esters is 1. The van der Waals surface area contributed by atoms with Crippen LogP contribution in [0.15, 0.2) is 24.4 Å². The van der Waals surface area contributed by atoms with Crippen LogP contribution in [0.3, 0.4) is 0 Å². The molecule has 0 radical (unpaired) electrons. The lowest BCUT2D eigenvalue weighted by atomic mass is 9.94. The van der Waals surface area contributed by atoms with Crippen LogP contribution >= 0.6 is 0 Å². The Balaban J connectivity index is 2.22. The molecular formula is C17H16N4O3. The summed E-state index contributed by atoms with van der Waals surface area (Å²) < 4.78 is 6.23. The van der Waals surface area contributed by atoms with E-state index >= 15 is 0 Å². The number of aromatic nitrogens is 1. The van der Waals surface area contributed by atoms with E-state index in [-0.39, 0.29) is 22.9 Å². The zero-order chi connectivity index (χ0) is 17.6. The van der Waals surface area contributed by atoms with Gasteiger partial charge in [0.25, 0.3) is 5.91 Å². The van der Waals surface area contributed by atoms with E-state index in [4.69, 9.17) is 15.7 Å². The lowest BCUT2D eigenvalue weighted by Crippen LogP contribution is -2.32. The van der Waals surface area contributed by atoms with Crippen LogP contribution in [0, 0.1) is 11.3 Å². The summed E-state index contributed by atoms with van der Waals surface area (Å²) in [5, 5.41) is 12.1. The molecule has 1 aromatic carbocycles. The average Bonchev–Trinajstić information content (AvgIpc) is 3.00. The van der Waals surface area contributed by atoms with E-state index in [2.05, 4.69) is 5.32 Å². The van der Waals surface area contributed by atoms with E-state index in [1.54, 1.807) is 12.1 Å². The van der Waals surface area contributed by atoms with Crippen molar-refractivity contribution in [1.82, 2.24) is 9.88 Å². The van der Waals surface area contributed by atoms with Crippen molar-refractivity contribution in [2.24, 2.45) is 0 Å². The van der Waals surface area contributed by atoms with Crippen molar-refractivity contribution in [2.75, 3.05) is 12.8 Å². The van der Waals surface area contributed by atoms with Crippen LogP contribution < -0.4 is 11.1 Å². The van der Waals surface area contributed by atoms with Gasteiger partial charge in [0.05, 0.1) is 23.9 Å². The molecule has 0 saturated carbocycles. The number of nitrogens with one attached hydrogen (secondary N) is 1. The molecule has 2 heterocycles. The minimum atomic E-state index is -0.653. The molecule has 1 amide bonds. The number of nitrogens with two attached hydrogens (primary N) is 1. The van der Waals surface area contributed by atoms with Crippen molar-refractivity contribution in [3.63, 3.8) is 0 Å². The number of carbonyl (C=O) groups excluding carboxylic acids is 2. The third kappa shape index (κ3) is 2.12. The quantitative estimate of drug-likeness (QED) is 0.817. The highest BCUT2D eigenvalue weighted by atomic mass is 16.5. The maximum absolute atomic E-state index is 12.2. The molecule has 3 N–H and O–H groups in total. The molecule has 3 rings (SSSR count). The molecule has 1 aliphatic rings. The molecule has 0 atom stereocenters. The summed E-state index contributed by atoms with van der Waals surface area (Å²) in [6.07, 6.45) is 1.46. The summed E-state index contributed by atoms with van der Waals surface area (Å²) in [5.41, 5.74) is 7.66. The van der Waals surface area contributed by atoms with Gasteiger partial charge in [0, 0.05) is 17.4 Å². The van der Waals surface area contributed by atoms with Gasteiger partial charge in [-0.1, -0.05) is 6.07 Å². The van der Waals surface area contributed by atoms with E-state index in [9.17, 15) is 9.59 Å². The molecule has 1 aromatic heterocycles. The predicted molar refractivity (Wildman–Crippen MR) is 86.7 cm³/mol. The van der Waals surface area contributed by atoms with Crippen molar-refractivity contribution in [1.29, 1.82) is 5.26 Å². The normalized spacial score (nSPS) is 14.7. The number of amides is 1. The van der Waals surface area contributed by atoms with Crippen LogP contribution in [0.2, 0.25) is 0 Å². The summed E-state index contributed by atoms with van der Waals surface area (Å²) >= 11 is 0. The largest absolute Gasteiger partial charge is 0.464 e. The second-order valence-corrected chi connectivity index (χ2v) is 6.09. The molecule has 1 aliphatic heterocycles. The molecule has 24 heavy (non-hydrogen) atoms. The second kappa shape index (κ2) is 5.13. The van der Waals surface area contributed by atoms with Gasteiger partial charge in [0.2, 0.25) is 0 Å². The van der Waals surface area contributed by atoms with Gasteiger partial charge in [0.15, 0.2) is 5.69 Å². The fourth-order valence-electron chi connectivity index (χ4n) is 2.95. The zero-order valence-electron chi connectivity index (χ0n) is 13.5. The van der Waals surface area contributed by atoms with E-state index < -0.39 is 11.5 Å². The number of rotatable bonds is 2. The molecule has 0 spiro atoms. The van der Waals surface area contributed by atoms with E-state index in [1.807, 2.05) is 26.0 Å². The lowest BCUT2D eigenvalue weighted by Gasteiger charge is -2.19. The maximum Gasteiger partial charge on any atom is 0.357 e. The Bertz CT molecular complexity index is 919. The monoisotopic (exact) mass is 324 g/mol. The fourth-order valence-corrected chi connectivity index (χ4v) is 2.95. The molecule has 0 saturated heterocycles. The number of nitrogens with zero attached hydrogens (tertiary/aromatic N) is 2. The number of ether oxygens (including phenoxy) is 1. The minimum Gasteiger partial charge on any atom is -0.464 e. The van der Waals surface area contributed by atoms with Crippen LogP contribution in [0.4, 0.5) is 5.69 Å². The smallest absolute Gasteiger partial charge is 0.357 e. The van der Waals surface area contributed by atoms with Crippen LogP contribution in [0.25, 0.3) is 5.69 Å². The van der Waals surface area contributed by atoms with Crippen LogP contribution in [-0.2, 0) is 10.3 Å². The van der Waals surface area contributed by atoms with Gasteiger partial charge >= 0.3 is 5.97 Å². The fraction of sp³-hybridized carbons (Fsp3) is 0.235. The highest BCUT2D eigenvalue weighted by Gasteiger charge is 2.35. The Morgan fingerprint density at radius 2 is 2.12 bits per heavy atom. The van der Waals surface area contributed by atoms with Gasteiger partial charge in [-0.3, -0.25) is 4.79 Å². The first kappa shape index (κ1) is 15.6. The van der Waals surface area contributed by atoms with Crippen molar-refractivity contribution in [3.05, 3.63) is 46.8 Å². The number of fused-ring (bicyclic) bond motifs is 1. The number of hydrogen-bond acceptors (Lipinski definition) is 5. The third-order valence-corrected chi connectivity index (χ3v) is 4.17. The van der Waals surface area contributed by atoms with Gasteiger partial charge in [0.1, 0.15) is 6.07 Å². The second-order valence-electron chi connectivity index (χ2n) is 6.09. The van der Waals surface area contributed by atoms with E-state index in [0.717, 1.165) is 5.56 Å². The first-order chi connectivity index (χ1) is 11.3. The summed E-state index contributed by atoms with van der Waals surface area (Å²) in [6, 6.07) is 7.22. The molecule has 7 nitrogen and oxygen atoms in total. The molecule has 122 valence electrons. The molecule has 2 aromatic rings. The van der Waals surface area contributed by atoms with Crippen molar-refractivity contribution >= 4 is 17.6 Å². The minimum absolute atomic E-state index is 0.0506. The molecule has 0 aliphatic carbocycles. The number of anilines is 1. The summed E-state index contributed by atoms with van der Waals surface area (Å²) in [7, 11) is 1.24. The third-order valence-electron chi connectivity index (χ3n) is 4.17. The lowest BCUT2D eigenvalue weighted by molar-refractivity contribution is 0.0593. The molecule has 0 fully saturated rings. The number of nitrogen functional groups attached to an aromatic ring is 1. The van der Waals surface area contributed by atoms with Gasteiger partial charge in [-0.25, -0.2) is 4.79 Å². The van der Waals surface area contributed by atoms with Gasteiger partial charge in [-0.2, -0.15) is 5.26 Å². The van der Waals surface area contributed by atoms with Crippen LogP contribution in [0.1, 0.15) is 45.8 Å². The first-order valence-electron chi connectivity index (χ1n) is 7.27. The molecule has 0 unspecified atom stereocenters. The highest BCUT2D eigenvalue weighted by Crippen LogP contribution is 2.33. The summed E-state index contributed by atoms with van der Waals surface area (Å²) in [4.78, 5) is 24.2. The Morgan fingerprint density at radius 1 is 1.42 bits per heavy atom. The Hall–Kier alpha value is -3.27. The standard InChI is InChI=1S/C17H16N4O3/c1-17(2)12-5-4-10(6-11(12)15(22)20-17)21-8-9(7-18)13(19)14(21)16(23)24-3/h4-6,8H,19H2,1-3H3,(H,20,22). The highest BCUT2D eigenvalue weighted by molar-refractivity contribution is 6.01. The van der Waals surface area contributed by atoms with Gasteiger partial charge < -0.3 is 20.4 Å². The average molecular weight is 324 g/mol. The van der Waals surface area contributed by atoms with Crippen molar-refractivity contribution in [3.8, 4) is 11.8 Å². The van der Waals surface area contributed by atoms with E-state index in [1.165, 1.54) is 17.9 Å². The predicted octanol–water partition coefficient (Wildman–Crippen LogP) is 1.70. The Kier molecular flexibility index (Phi) is 3.34. The van der Waals surface area contributed by atoms with Crippen LogP contribution in [0.5, 0.6) is 0 Å². The Labute approximate surface area is 138 Å². The van der Waals surface area contributed by atoms with E-state index in [0.29, 0.717) is 11.3 Å². The zero-order valence-corrected chi connectivity index (χ0v) is 13.5. The first-order valence-corrected chi connectivity index (χ1v) is 7.27.